The van der Waals surface area contributed by atoms with E-state index in [9.17, 15) is 24.5 Å². The van der Waals surface area contributed by atoms with E-state index in [0.717, 1.165) is 17.0 Å². The first-order valence-corrected chi connectivity index (χ1v) is 5.17. The molecular weight excluding hydrogens is 274 g/mol. The van der Waals surface area contributed by atoms with Crippen molar-refractivity contribution in [2.75, 3.05) is 0 Å². The average Bonchev–Trinajstić information content (AvgIpc) is 2.80. The molecule has 0 bridgehead atoms. The fraction of sp³-hybridized carbons (Fsp3) is 0.100. The van der Waals surface area contributed by atoms with Gasteiger partial charge in [0.15, 0.2) is 0 Å². The Morgan fingerprint density at radius 2 is 2.20 bits per heavy atom. The standard InChI is InChI=1S/C10H7N3O7/c14-8-7(13(18)19)3-12(10(17)11-8)2-6-1-5(4-20-6)9(15)16/h1,3-4H,2H2,(H,15,16)(H,11,14,17). The van der Waals surface area contributed by atoms with Gasteiger partial charge in [-0.1, -0.05) is 0 Å². The number of hydrogen-bond donors (Lipinski definition) is 2. The van der Waals surface area contributed by atoms with Crippen LogP contribution in [-0.4, -0.2) is 25.6 Å². The van der Waals surface area contributed by atoms with Gasteiger partial charge in [0.05, 0.1) is 23.2 Å². The molecule has 10 heteroatoms. The predicted molar refractivity (Wildman–Crippen MR) is 62.7 cm³/mol. The van der Waals surface area contributed by atoms with Gasteiger partial charge in [-0.05, 0) is 6.07 Å². The number of carboxylic acid groups (broad SMARTS) is 1. The first-order chi connectivity index (χ1) is 9.38. The van der Waals surface area contributed by atoms with Crippen LogP contribution in [0, 0.1) is 10.1 Å². The summed E-state index contributed by atoms with van der Waals surface area (Å²) in [6, 6.07) is 1.17. The van der Waals surface area contributed by atoms with Crippen LogP contribution >= 0.6 is 0 Å². The van der Waals surface area contributed by atoms with Gasteiger partial charge in [-0.15, -0.1) is 0 Å². The van der Waals surface area contributed by atoms with Gasteiger partial charge in [-0.25, -0.2) is 9.59 Å². The summed E-state index contributed by atoms with van der Waals surface area (Å²) in [5, 5.41) is 19.3. The number of aromatic amines is 1. The minimum atomic E-state index is -1.21. The Kier molecular flexibility index (Phi) is 3.21. The Hall–Kier alpha value is -3.17. The average molecular weight is 281 g/mol. The maximum Gasteiger partial charge on any atom is 0.350 e. The van der Waals surface area contributed by atoms with Crippen molar-refractivity contribution in [1.29, 1.82) is 0 Å². The van der Waals surface area contributed by atoms with E-state index in [0.29, 0.717) is 0 Å². The molecule has 0 radical (unpaired) electrons. The summed E-state index contributed by atoms with van der Waals surface area (Å²) in [6.07, 6.45) is 1.74. The Bertz CT molecular complexity index is 798. The quantitative estimate of drug-likeness (QED) is 0.581. The molecule has 0 amide bonds. The molecule has 2 N–H and O–H groups in total. The molecule has 2 rings (SSSR count). The number of carboxylic acids is 1. The molecule has 0 aliphatic carbocycles. The maximum absolute atomic E-state index is 11.5. The Labute approximate surface area is 109 Å². The van der Waals surface area contributed by atoms with Crippen LogP contribution in [0.25, 0.3) is 0 Å². The summed E-state index contributed by atoms with van der Waals surface area (Å²) >= 11 is 0. The molecule has 0 aromatic carbocycles. The van der Waals surface area contributed by atoms with Crippen LogP contribution in [0.2, 0.25) is 0 Å². The normalized spacial score (nSPS) is 10.4. The van der Waals surface area contributed by atoms with Crippen LogP contribution in [0.5, 0.6) is 0 Å². The van der Waals surface area contributed by atoms with Gasteiger partial charge in [0.25, 0.3) is 0 Å². The minimum Gasteiger partial charge on any atom is -0.478 e. The number of rotatable bonds is 4. The second-order valence-electron chi connectivity index (χ2n) is 3.77. The van der Waals surface area contributed by atoms with Gasteiger partial charge in [0, 0.05) is 0 Å². The first kappa shape index (κ1) is 13.3. The van der Waals surface area contributed by atoms with Crippen LogP contribution in [-0.2, 0) is 6.54 Å². The number of nitrogens with one attached hydrogen (secondary N) is 1. The number of aromatic nitrogens is 2. The number of aromatic carboxylic acids is 1. The zero-order chi connectivity index (χ0) is 14.9. The summed E-state index contributed by atoms with van der Waals surface area (Å²) in [5.41, 5.74) is -2.89. The number of furan rings is 1. The molecule has 0 spiro atoms. The van der Waals surface area contributed by atoms with Gasteiger partial charge in [-0.3, -0.25) is 24.5 Å². The lowest BCUT2D eigenvalue weighted by molar-refractivity contribution is -0.386. The molecule has 0 aliphatic rings. The van der Waals surface area contributed by atoms with Gasteiger partial charge >= 0.3 is 22.9 Å². The van der Waals surface area contributed by atoms with Crippen LogP contribution in [0.15, 0.2) is 32.5 Å². The van der Waals surface area contributed by atoms with E-state index in [1.165, 1.54) is 6.07 Å². The van der Waals surface area contributed by atoms with Gasteiger partial charge in [-0.2, -0.15) is 0 Å². The number of nitro groups is 1. The predicted octanol–water partition coefficient (Wildman–Crippen LogP) is -0.216. The summed E-state index contributed by atoms with van der Waals surface area (Å²) in [5.74, 6) is -1.11. The van der Waals surface area contributed by atoms with E-state index < -0.39 is 27.8 Å². The zero-order valence-corrected chi connectivity index (χ0v) is 9.73. The molecular formula is C10H7N3O7. The van der Waals surface area contributed by atoms with E-state index in [-0.39, 0.29) is 17.9 Å². The minimum absolute atomic E-state index is 0.103. The number of nitrogens with zero attached hydrogens (tertiary/aromatic N) is 2. The van der Waals surface area contributed by atoms with E-state index in [1.54, 1.807) is 4.98 Å². The molecule has 10 nitrogen and oxygen atoms in total. The van der Waals surface area contributed by atoms with Crippen molar-refractivity contribution in [3.05, 3.63) is 60.8 Å². The number of H-pyrrole nitrogens is 1. The highest BCUT2D eigenvalue weighted by molar-refractivity contribution is 5.87. The molecule has 2 heterocycles. The van der Waals surface area contributed by atoms with Crippen molar-refractivity contribution < 1.29 is 19.2 Å². The Balaban J connectivity index is 2.40. The third-order valence-electron chi connectivity index (χ3n) is 2.42. The van der Waals surface area contributed by atoms with Crippen LogP contribution in [0.4, 0.5) is 5.69 Å². The molecule has 0 atom stereocenters. The van der Waals surface area contributed by atoms with Crippen LogP contribution < -0.4 is 11.2 Å². The molecule has 0 saturated heterocycles. The van der Waals surface area contributed by atoms with Crippen molar-refractivity contribution >= 4 is 11.7 Å². The van der Waals surface area contributed by atoms with E-state index >= 15 is 0 Å². The van der Waals surface area contributed by atoms with Gasteiger partial charge in [0.2, 0.25) is 0 Å². The molecule has 0 fully saturated rings. The fourth-order valence-corrected chi connectivity index (χ4v) is 1.49. The van der Waals surface area contributed by atoms with Crippen molar-refractivity contribution in [3.63, 3.8) is 0 Å². The third kappa shape index (κ3) is 2.48. The van der Waals surface area contributed by atoms with E-state index in [4.69, 9.17) is 9.52 Å². The Morgan fingerprint density at radius 3 is 2.75 bits per heavy atom. The lowest BCUT2D eigenvalue weighted by Gasteiger charge is -2.01. The Morgan fingerprint density at radius 1 is 1.50 bits per heavy atom. The highest BCUT2D eigenvalue weighted by atomic mass is 16.6. The van der Waals surface area contributed by atoms with Gasteiger partial charge < -0.3 is 9.52 Å². The van der Waals surface area contributed by atoms with Crippen molar-refractivity contribution in [3.8, 4) is 0 Å². The van der Waals surface area contributed by atoms with Crippen LogP contribution in [0.3, 0.4) is 0 Å². The monoisotopic (exact) mass is 281 g/mol. The molecule has 0 saturated carbocycles. The largest absolute Gasteiger partial charge is 0.478 e. The lowest BCUT2D eigenvalue weighted by Crippen LogP contribution is -2.31. The molecule has 20 heavy (non-hydrogen) atoms. The summed E-state index contributed by atoms with van der Waals surface area (Å²) in [4.78, 5) is 44.8. The zero-order valence-electron chi connectivity index (χ0n) is 9.73. The topological polar surface area (TPSA) is 148 Å². The molecule has 104 valence electrons. The van der Waals surface area contributed by atoms with Crippen molar-refractivity contribution in [2.45, 2.75) is 6.54 Å². The van der Waals surface area contributed by atoms with E-state index in [2.05, 4.69) is 0 Å². The first-order valence-electron chi connectivity index (χ1n) is 5.17. The number of carbonyl (C=O) groups is 1. The van der Waals surface area contributed by atoms with Gasteiger partial charge in [0.1, 0.15) is 12.0 Å². The lowest BCUT2D eigenvalue weighted by atomic mass is 10.3. The summed E-state index contributed by atoms with van der Waals surface area (Å²) in [7, 11) is 0. The SMILES string of the molecule is O=C(O)c1coc(Cn2cc([N+](=O)[O-])c(=O)[nH]c2=O)c1. The van der Waals surface area contributed by atoms with E-state index in [1.807, 2.05) is 0 Å². The summed E-state index contributed by atoms with van der Waals surface area (Å²) in [6.45, 7) is -0.246. The molecule has 2 aromatic rings. The molecule has 2 aromatic heterocycles. The molecule has 0 aliphatic heterocycles. The van der Waals surface area contributed by atoms with Crippen molar-refractivity contribution in [1.82, 2.24) is 9.55 Å². The molecule has 0 unspecified atom stereocenters. The number of hydrogen-bond acceptors (Lipinski definition) is 6. The smallest absolute Gasteiger partial charge is 0.350 e. The maximum atomic E-state index is 11.5. The fourth-order valence-electron chi connectivity index (χ4n) is 1.49. The second-order valence-corrected chi connectivity index (χ2v) is 3.77. The highest BCUT2D eigenvalue weighted by Crippen LogP contribution is 2.09. The third-order valence-corrected chi connectivity index (χ3v) is 2.42. The highest BCUT2D eigenvalue weighted by Gasteiger charge is 2.16. The second kappa shape index (κ2) is 4.84. The summed E-state index contributed by atoms with van der Waals surface area (Å²) < 4.78 is 5.75. The van der Waals surface area contributed by atoms with Crippen LogP contribution in [0.1, 0.15) is 16.1 Å². The van der Waals surface area contributed by atoms with Crippen molar-refractivity contribution in [2.24, 2.45) is 0 Å².